The van der Waals surface area contributed by atoms with Crippen molar-refractivity contribution in [3.63, 3.8) is 0 Å². The molecule has 3 aromatic rings. The molecule has 3 rings (SSSR count). The molecule has 0 radical (unpaired) electrons. The van der Waals surface area contributed by atoms with Gasteiger partial charge < -0.3 is 4.74 Å². The molecule has 0 aliphatic rings. The lowest BCUT2D eigenvalue weighted by Crippen LogP contribution is -2.20. The molecule has 0 saturated heterocycles. The number of carbonyl (C=O) groups excluding carboxylic acids is 2. The molecule has 0 fully saturated rings. The summed E-state index contributed by atoms with van der Waals surface area (Å²) in [6, 6.07) is 14.8. The van der Waals surface area contributed by atoms with Crippen LogP contribution in [0.1, 0.15) is 17.3 Å². The van der Waals surface area contributed by atoms with Gasteiger partial charge in [0.15, 0.2) is 17.5 Å². The van der Waals surface area contributed by atoms with Crippen LogP contribution in [0.5, 0.6) is 5.75 Å². The number of nitrogens with zero attached hydrogens (tertiary/aromatic N) is 1. The van der Waals surface area contributed by atoms with Crippen LogP contribution in [-0.2, 0) is 4.79 Å². The van der Waals surface area contributed by atoms with Gasteiger partial charge in [-0.05, 0) is 49.6 Å². The predicted octanol–water partition coefficient (Wildman–Crippen LogP) is 4.75. The van der Waals surface area contributed by atoms with Crippen LogP contribution in [0.25, 0.3) is 11.3 Å². The maximum absolute atomic E-state index is 12.1. The predicted molar refractivity (Wildman–Crippen MR) is 110 cm³/mol. The third kappa shape index (κ3) is 5.18. The van der Waals surface area contributed by atoms with E-state index >= 15 is 0 Å². The fourth-order valence-corrected chi connectivity index (χ4v) is 3.46. The molecule has 1 amide bonds. The molecule has 1 aromatic heterocycles. The summed E-state index contributed by atoms with van der Waals surface area (Å²) in [6.45, 7) is 1.37. The number of thiazole rings is 1. The summed E-state index contributed by atoms with van der Waals surface area (Å²) >= 11 is 3.05. The highest BCUT2D eigenvalue weighted by Gasteiger charge is 2.09. The minimum absolute atomic E-state index is 0.0121. The van der Waals surface area contributed by atoms with Crippen molar-refractivity contribution in [3.05, 3.63) is 59.5 Å². The first-order chi connectivity index (χ1) is 13.0. The van der Waals surface area contributed by atoms with Crippen molar-refractivity contribution in [1.82, 2.24) is 4.98 Å². The number of anilines is 1. The van der Waals surface area contributed by atoms with E-state index in [0.717, 1.165) is 11.3 Å². The van der Waals surface area contributed by atoms with E-state index in [-0.39, 0.29) is 18.3 Å². The van der Waals surface area contributed by atoms with E-state index < -0.39 is 0 Å². The van der Waals surface area contributed by atoms with Crippen LogP contribution in [0, 0.1) is 0 Å². The third-order valence-corrected chi connectivity index (χ3v) is 5.27. The summed E-state index contributed by atoms with van der Waals surface area (Å²) in [5.74, 6) is 0.232. The molecule has 0 aliphatic heterocycles. The standard InChI is InChI=1S/C20H18N2O3S2/c1-13(23)14-3-7-16(8-4-14)25-11-19(24)22-20-21-18(12-27-20)15-5-9-17(26-2)10-6-15/h3-10,12H,11H2,1-2H3,(H,21,22,24). The molecule has 138 valence electrons. The Balaban J connectivity index is 1.55. The van der Waals surface area contributed by atoms with Crippen molar-refractivity contribution in [2.75, 3.05) is 18.2 Å². The highest BCUT2D eigenvalue weighted by molar-refractivity contribution is 7.98. The Morgan fingerprint density at radius 1 is 1.11 bits per heavy atom. The molecule has 7 heteroatoms. The van der Waals surface area contributed by atoms with E-state index in [2.05, 4.69) is 10.3 Å². The second kappa shape index (κ2) is 8.83. The minimum Gasteiger partial charge on any atom is -0.484 e. The van der Waals surface area contributed by atoms with Crippen molar-refractivity contribution < 1.29 is 14.3 Å². The molecule has 0 bridgehead atoms. The van der Waals surface area contributed by atoms with Gasteiger partial charge in [-0.25, -0.2) is 4.98 Å². The molecule has 0 aliphatic carbocycles. The molecule has 0 spiro atoms. The number of ketones is 1. The number of hydrogen-bond donors (Lipinski definition) is 1. The molecule has 1 heterocycles. The number of benzene rings is 2. The average Bonchev–Trinajstić information content (AvgIpc) is 3.15. The van der Waals surface area contributed by atoms with Crippen LogP contribution in [0.2, 0.25) is 0 Å². The van der Waals surface area contributed by atoms with Crippen LogP contribution < -0.4 is 10.1 Å². The lowest BCUT2D eigenvalue weighted by molar-refractivity contribution is -0.118. The van der Waals surface area contributed by atoms with E-state index in [1.165, 1.54) is 23.2 Å². The highest BCUT2D eigenvalue weighted by Crippen LogP contribution is 2.26. The number of rotatable bonds is 7. The van der Waals surface area contributed by atoms with Gasteiger partial charge in [-0.1, -0.05) is 12.1 Å². The zero-order chi connectivity index (χ0) is 19.2. The second-order valence-electron chi connectivity index (χ2n) is 5.68. The number of Topliss-reactive ketones (excluding diaryl/α,β-unsaturated/α-hetero) is 1. The molecule has 1 N–H and O–H groups in total. The molecule has 0 saturated carbocycles. The monoisotopic (exact) mass is 398 g/mol. The minimum atomic E-state index is -0.288. The van der Waals surface area contributed by atoms with Crippen molar-refractivity contribution >= 4 is 39.9 Å². The molecule has 27 heavy (non-hydrogen) atoms. The van der Waals surface area contributed by atoms with Gasteiger partial charge in [-0.2, -0.15) is 0 Å². The van der Waals surface area contributed by atoms with E-state index in [4.69, 9.17) is 4.74 Å². The number of hydrogen-bond acceptors (Lipinski definition) is 6. The first-order valence-electron chi connectivity index (χ1n) is 8.19. The molecular formula is C20H18N2O3S2. The number of thioether (sulfide) groups is 1. The van der Waals surface area contributed by atoms with Gasteiger partial charge in [0.25, 0.3) is 5.91 Å². The summed E-state index contributed by atoms with van der Waals surface area (Å²) in [7, 11) is 0. The summed E-state index contributed by atoms with van der Waals surface area (Å²) in [5, 5.41) is 5.17. The zero-order valence-electron chi connectivity index (χ0n) is 14.9. The third-order valence-electron chi connectivity index (χ3n) is 3.77. The number of amides is 1. The van der Waals surface area contributed by atoms with E-state index in [9.17, 15) is 9.59 Å². The smallest absolute Gasteiger partial charge is 0.264 e. The zero-order valence-corrected chi connectivity index (χ0v) is 16.5. The fourth-order valence-electron chi connectivity index (χ4n) is 2.32. The second-order valence-corrected chi connectivity index (χ2v) is 7.42. The topological polar surface area (TPSA) is 68.3 Å². The Labute approximate surface area is 165 Å². The quantitative estimate of drug-likeness (QED) is 0.459. The summed E-state index contributed by atoms with van der Waals surface area (Å²) in [4.78, 5) is 29.0. The van der Waals surface area contributed by atoms with Crippen LogP contribution in [-0.4, -0.2) is 29.5 Å². The Kier molecular flexibility index (Phi) is 6.26. The lowest BCUT2D eigenvalue weighted by Gasteiger charge is -2.06. The maximum atomic E-state index is 12.1. The number of carbonyl (C=O) groups is 2. The Hall–Kier alpha value is -2.64. The first-order valence-corrected chi connectivity index (χ1v) is 10.3. The molecule has 0 atom stereocenters. The van der Waals surface area contributed by atoms with E-state index in [0.29, 0.717) is 16.4 Å². The lowest BCUT2D eigenvalue weighted by atomic mass is 10.1. The Morgan fingerprint density at radius 3 is 2.44 bits per heavy atom. The van der Waals surface area contributed by atoms with Gasteiger partial charge in [0.1, 0.15) is 5.75 Å². The molecule has 0 unspecified atom stereocenters. The van der Waals surface area contributed by atoms with Gasteiger partial charge in [-0.15, -0.1) is 23.1 Å². The Morgan fingerprint density at radius 2 is 1.81 bits per heavy atom. The van der Waals surface area contributed by atoms with Gasteiger partial charge >= 0.3 is 0 Å². The van der Waals surface area contributed by atoms with Crippen LogP contribution in [0.4, 0.5) is 5.13 Å². The van der Waals surface area contributed by atoms with E-state index in [1.807, 2.05) is 35.9 Å². The van der Waals surface area contributed by atoms with Crippen molar-refractivity contribution in [3.8, 4) is 17.0 Å². The number of aromatic nitrogens is 1. The summed E-state index contributed by atoms with van der Waals surface area (Å²) in [6.07, 6.45) is 2.03. The van der Waals surface area contributed by atoms with E-state index in [1.54, 1.807) is 36.0 Å². The van der Waals surface area contributed by atoms with Crippen molar-refractivity contribution in [2.45, 2.75) is 11.8 Å². The Bertz CT molecular complexity index is 935. The van der Waals surface area contributed by atoms with Crippen LogP contribution in [0.3, 0.4) is 0 Å². The van der Waals surface area contributed by atoms with Crippen molar-refractivity contribution in [2.24, 2.45) is 0 Å². The fraction of sp³-hybridized carbons (Fsp3) is 0.150. The van der Waals surface area contributed by atoms with Gasteiger partial charge in [0.05, 0.1) is 5.69 Å². The van der Waals surface area contributed by atoms with Crippen LogP contribution in [0.15, 0.2) is 58.8 Å². The SMILES string of the molecule is CSc1ccc(-c2csc(NC(=O)COc3ccc(C(C)=O)cc3)n2)cc1. The molecule has 5 nitrogen and oxygen atoms in total. The summed E-state index contributed by atoms with van der Waals surface area (Å²) in [5.41, 5.74) is 2.43. The van der Waals surface area contributed by atoms with Crippen molar-refractivity contribution in [1.29, 1.82) is 0 Å². The number of ether oxygens (including phenoxy) is 1. The highest BCUT2D eigenvalue weighted by atomic mass is 32.2. The normalized spacial score (nSPS) is 10.4. The molecular weight excluding hydrogens is 380 g/mol. The largest absolute Gasteiger partial charge is 0.484 e. The first kappa shape index (κ1) is 19.1. The van der Waals surface area contributed by atoms with Gasteiger partial charge in [0, 0.05) is 21.4 Å². The molecule has 2 aromatic carbocycles. The van der Waals surface area contributed by atoms with Crippen LogP contribution >= 0.6 is 23.1 Å². The maximum Gasteiger partial charge on any atom is 0.264 e. The van der Waals surface area contributed by atoms with Gasteiger partial charge in [-0.3, -0.25) is 14.9 Å². The average molecular weight is 399 g/mol. The van der Waals surface area contributed by atoms with Gasteiger partial charge in [0.2, 0.25) is 0 Å². The number of nitrogens with one attached hydrogen (secondary N) is 1. The summed E-state index contributed by atoms with van der Waals surface area (Å²) < 4.78 is 5.44.